The number of aliphatic carboxylic acids is 2. The van der Waals surface area contributed by atoms with Crippen molar-refractivity contribution in [2.24, 2.45) is 34.3 Å². The quantitative estimate of drug-likeness (QED) is 0.309. The van der Waals surface area contributed by atoms with Crippen LogP contribution in [0, 0.1) is 28.6 Å². The van der Waals surface area contributed by atoms with Gasteiger partial charge >= 0.3 is 11.9 Å². The molecule has 0 amide bonds. The molecular formula is C29H45NO6S. The van der Waals surface area contributed by atoms with Crippen LogP contribution in [-0.2, 0) is 14.3 Å². The molecule has 4 N–H and O–H groups in total. The monoisotopic (exact) mass is 535 g/mol. The van der Waals surface area contributed by atoms with Crippen molar-refractivity contribution in [1.29, 1.82) is 0 Å². The number of furan rings is 1. The number of rotatable bonds is 6. The van der Waals surface area contributed by atoms with Gasteiger partial charge in [0.2, 0.25) is 0 Å². The molecule has 37 heavy (non-hydrogen) atoms. The molecule has 0 bridgehead atoms. The van der Waals surface area contributed by atoms with E-state index in [-0.39, 0.29) is 11.0 Å². The summed E-state index contributed by atoms with van der Waals surface area (Å²) in [6, 6.07) is 2.20. The Labute approximate surface area is 225 Å². The van der Waals surface area contributed by atoms with Crippen molar-refractivity contribution in [1.82, 2.24) is 0 Å². The third kappa shape index (κ3) is 4.98. The number of fused-ring (bicyclic) bond motifs is 5. The fourth-order valence-electron chi connectivity index (χ4n) is 9.13. The van der Waals surface area contributed by atoms with Crippen LogP contribution in [0.4, 0.5) is 0 Å². The number of carboxylic acids is 2. The third-order valence-electron chi connectivity index (χ3n) is 11.0. The van der Waals surface area contributed by atoms with Crippen LogP contribution in [-0.4, -0.2) is 52.4 Å². The number of hydrogen-bond donors (Lipinski definition) is 3. The number of carboxylic acid groups (broad SMARTS) is 2. The van der Waals surface area contributed by atoms with Crippen LogP contribution in [0.25, 0.3) is 0 Å². The predicted molar refractivity (Wildman–Crippen MR) is 145 cm³/mol. The molecule has 1 aromatic rings. The van der Waals surface area contributed by atoms with Crippen LogP contribution in [0.3, 0.4) is 0 Å². The second-order valence-corrected chi connectivity index (χ2v) is 13.6. The topological polar surface area (TPSA) is 123 Å². The fourth-order valence-corrected chi connectivity index (χ4v) is 10.5. The summed E-state index contributed by atoms with van der Waals surface area (Å²) in [6.45, 7) is 6.06. The van der Waals surface area contributed by atoms with Crippen LogP contribution in [0.1, 0.15) is 89.5 Å². The Morgan fingerprint density at radius 2 is 1.84 bits per heavy atom. The minimum absolute atomic E-state index is 0.0402. The molecule has 4 fully saturated rings. The normalized spacial score (nSPS) is 40.5. The molecule has 0 saturated heterocycles. The Bertz CT molecular complexity index is 927. The van der Waals surface area contributed by atoms with Crippen molar-refractivity contribution in [3.05, 3.63) is 24.2 Å². The highest BCUT2D eigenvalue weighted by Gasteiger charge is 2.68. The lowest BCUT2D eigenvalue weighted by Gasteiger charge is -2.64. The molecule has 0 unspecified atom stereocenters. The Morgan fingerprint density at radius 3 is 2.46 bits per heavy atom. The van der Waals surface area contributed by atoms with Crippen LogP contribution >= 0.6 is 11.8 Å². The second-order valence-electron chi connectivity index (χ2n) is 12.2. The smallest absolute Gasteiger partial charge is 0.414 e. The molecule has 0 aromatic carbocycles. The van der Waals surface area contributed by atoms with Gasteiger partial charge in [0.15, 0.2) is 0 Å². The van der Waals surface area contributed by atoms with Gasteiger partial charge in [0.1, 0.15) is 0 Å². The van der Waals surface area contributed by atoms with Gasteiger partial charge in [-0.3, -0.25) is 0 Å². The second kappa shape index (κ2) is 11.3. The van der Waals surface area contributed by atoms with Crippen molar-refractivity contribution >= 4 is 23.7 Å². The highest BCUT2D eigenvalue weighted by Crippen LogP contribution is 2.71. The van der Waals surface area contributed by atoms with E-state index in [0.29, 0.717) is 11.3 Å². The number of nitrogens with two attached hydrogens (primary N) is 1. The highest BCUT2D eigenvalue weighted by atomic mass is 32.2. The number of thioether (sulfide) groups is 1. The molecule has 5 rings (SSSR count). The maximum atomic E-state index is 9.10. The highest BCUT2D eigenvalue weighted by molar-refractivity contribution is 7.99. The summed E-state index contributed by atoms with van der Waals surface area (Å²) in [4.78, 5) is 18.2. The van der Waals surface area contributed by atoms with Crippen molar-refractivity contribution in [3.63, 3.8) is 0 Å². The summed E-state index contributed by atoms with van der Waals surface area (Å²) < 4.78 is 12.2. The number of carbonyl (C=O) groups is 2. The molecular weight excluding hydrogens is 490 g/mol. The number of ether oxygens (including phenoxy) is 1. The van der Waals surface area contributed by atoms with Gasteiger partial charge in [0.25, 0.3) is 0 Å². The molecule has 208 valence electrons. The minimum Gasteiger partial charge on any atom is -0.473 e. The van der Waals surface area contributed by atoms with Gasteiger partial charge in [-0.15, -0.1) is 0 Å². The maximum absolute atomic E-state index is 9.10. The van der Waals surface area contributed by atoms with Crippen LogP contribution in [0.5, 0.6) is 0 Å². The van der Waals surface area contributed by atoms with E-state index >= 15 is 0 Å². The zero-order valence-electron chi connectivity index (χ0n) is 22.6. The SMILES string of the molecule is CO[C@]12CC[C@H](c3ccoc3)[C@@]1(C)CC[C@H]1[C@H]2CC[C@@H]2C[C@@H](SCCCN)CC[C@@]21C.O=C(O)C(=O)O. The summed E-state index contributed by atoms with van der Waals surface area (Å²) in [5.74, 6) is 0.629. The summed E-state index contributed by atoms with van der Waals surface area (Å²) >= 11 is 2.21. The Balaban J connectivity index is 0.000000480. The van der Waals surface area contributed by atoms with Gasteiger partial charge in [-0.05, 0) is 117 Å². The van der Waals surface area contributed by atoms with E-state index < -0.39 is 11.9 Å². The largest absolute Gasteiger partial charge is 0.473 e. The molecule has 0 spiro atoms. The van der Waals surface area contributed by atoms with Gasteiger partial charge in [0, 0.05) is 17.8 Å². The average Bonchev–Trinajstić information content (AvgIpc) is 3.50. The van der Waals surface area contributed by atoms with E-state index in [2.05, 4.69) is 31.7 Å². The Kier molecular flexibility index (Phi) is 8.71. The number of hydrogen-bond acceptors (Lipinski definition) is 6. The molecule has 8 atom stereocenters. The van der Waals surface area contributed by atoms with Crippen LogP contribution < -0.4 is 5.73 Å². The van der Waals surface area contributed by atoms with Crippen molar-refractivity contribution in [2.75, 3.05) is 19.4 Å². The van der Waals surface area contributed by atoms with Crippen LogP contribution in [0.15, 0.2) is 23.0 Å². The first-order chi connectivity index (χ1) is 17.6. The van der Waals surface area contributed by atoms with E-state index in [9.17, 15) is 0 Å². The maximum Gasteiger partial charge on any atom is 0.414 e. The average molecular weight is 536 g/mol. The summed E-state index contributed by atoms with van der Waals surface area (Å²) in [6.07, 6.45) is 17.2. The van der Waals surface area contributed by atoms with E-state index in [1.807, 2.05) is 19.6 Å². The first-order valence-electron chi connectivity index (χ1n) is 14.0. The van der Waals surface area contributed by atoms with Crippen molar-refractivity contribution in [2.45, 2.75) is 94.8 Å². The summed E-state index contributed by atoms with van der Waals surface area (Å²) in [5.41, 5.74) is 7.91. The van der Waals surface area contributed by atoms with Crippen molar-refractivity contribution in [3.8, 4) is 0 Å². The van der Waals surface area contributed by atoms with Crippen molar-refractivity contribution < 1.29 is 29.0 Å². The lowest BCUT2D eigenvalue weighted by Crippen LogP contribution is -2.62. The van der Waals surface area contributed by atoms with Gasteiger partial charge in [-0.1, -0.05) is 13.8 Å². The molecule has 4 aliphatic rings. The fraction of sp³-hybridized carbons (Fsp3) is 0.793. The zero-order chi connectivity index (χ0) is 26.8. The first-order valence-corrected chi connectivity index (χ1v) is 15.0. The van der Waals surface area contributed by atoms with E-state index in [4.69, 9.17) is 34.7 Å². The van der Waals surface area contributed by atoms with Crippen LogP contribution in [0.2, 0.25) is 0 Å². The first kappa shape index (κ1) is 28.5. The third-order valence-corrected chi connectivity index (χ3v) is 12.4. The molecule has 7 nitrogen and oxygen atoms in total. The van der Waals surface area contributed by atoms with Gasteiger partial charge < -0.3 is 25.1 Å². The van der Waals surface area contributed by atoms with E-state index in [0.717, 1.165) is 29.5 Å². The van der Waals surface area contributed by atoms with Gasteiger partial charge in [-0.2, -0.15) is 11.8 Å². The lowest BCUT2D eigenvalue weighted by molar-refractivity contribution is -0.214. The van der Waals surface area contributed by atoms with Gasteiger partial charge in [-0.25, -0.2) is 9.59 Å². The number of methoxy groups -OCH3 is 1. The summed E-state index contributed by atoms with van der Waals surface area (Å²) in [5, 5.41) is 15.6. The molecule has 4 aliphatic carbocycles. The molecule has 8 heteroatoms. The van der Waals surface area contributed by atoms with Gasteiger partial charge in [0.05, 0.1) is 18.1 Å². The van der Waals surface area contributed by atoms with E-state index in [1.165, 1.54) is 75.5 Å². The molecule has 0 radical (unpaired) electrons. The molecule has 1 heterocycles. The van der Waals surface area contributed by atoms with E-state index in [1.54, 1.807) is 0 Å². The Morgan fingerprint density at radius 1 is 1.08 bits per heavy atom. The summed E-state index contributed by atoms with van der Waals surface area (Å²) in [7, 11) is 2.03. The lowest BCUT2D eigenvalue weighted by atomic mass is 9.43. The molecule has 0 aliphatic heterocycles. The Hall–Kier alpha value is -1.51. The molecule has 1 aromatic heterocycles. The zero-order valence-corrected chi connectivity index (χ0v) is 23.4. The molecule has 4 saturated carbocycles. The predicted octanol–water partition coefficient (Wildman–Crippen LogP) is 5.78. The minimum atomic E-state index is -1.82. The standard InChI is InChI=1S/C27H43NO2S.C2H2O4/c1-25-11-7-21(31-16-4-14-28)17-20(25)5-6-24-23(25)8-12-26(2)22(19-10-15-30-18-19)9-13-27(24,26)29-3;3-1(4)2(5)6/h10,15,18,20-24H,4-9,11-14,16-17,28H2,1-3H3;(H,3,4)(H,5,6)/t20-,21+,22-,23+,24-,25+,26-,27+;/m1./s1.